The predicted molar refractivity (Wildman–Crippen MR) is 50.2 cm³/mol. The Morgan fingerprint density at radius 2 is 1.91 bits per heavy atom. The van der Waals surface area contributed by atoms with Gasteiger partial charge in [-0.3, -0.25) is 0 Å². The first-order valence-corrected chi connectivity index (χ1v) is 4.97. The molecule has 0 amide bonds. The quantitative estimate of drug-likeness (QED) is 0.402. The first-order chi connectivity index (χ1) is 4.77. The second-order valence-corrected chi connectivity index (χ2v) is 6.26. The molecule has 2 atom stereocenters. The van der Waals surface area contributed by atoms with Crippen molar-refractivity contribution in [1.29, 1.82) is 0 Å². The summed E-state index contributed by atoms with van der Waals surface area (Å²) < 4.78 is 0. The van der Waals surface area contributed by atoms with Crippen molar-refractivity contribution in [2.75, 3.05) is 0 Å². The number of terminal acetylenes is 1. The summed E-state index contributed by atoms with van der Waals surface area (Å²) in [6.45, 7) is 6.24. The molecular formula is C9H16OSi. The molecule has 0 aromatic heterocycles. The summed E-state index contributed by atoms with van der Waals surface area (Å²) in [6.07, 6.45) is 6.29. The van der Waals surface area contributed by atoms with Crippen LogP contribution in [0.15, 0.2) is 0 Å². The van der Waals surface area contributed by atoms with Gasteiger partial charge in [-0.25, -0.2) is 0 Å². The fourth-order valence-electron chi connectivity index (χ4n) is 2.19. The second kappa shape index (κ2) is 1.91. The first-order valence-electron chi connectivity index (χ1n) is 3.97. The third kappa shape index (κ3) is 0.815. The Morgan fingerprint density at radius 3 is 2.00 bits per heavy atom. The van der Waals surface area contributed by atoms with E-state index in [9.17, 15) is 5.11 Å². The van der Waals surface area contributed by atoms with Crippen LogP contribution < -0.4 is 0 Å². The number of aliphatic hydroxyl groups is 1. The van der Waals surface area contributed by atoms with Crippen LogP contribution in [0.25, 0.3) is 0 Å². The van der Waals surface area contributed by atoms with Crippen LogP contribution in [0.3, 0.4) is 0 Å². The van der Waals surface area contributed by atoms with Crippen molar-refractivity contribution >= 4 is 10.2 Å². The summed E-state index contributed by atoms with van der Waals surface area (Å²) in [6, 6.07) is 0. The van der Waals surface area contributed by atoms with Gasteiger partial charge in [-0.2, -0.15) is 0 Å². The lowest BCUT2D eigenvalue weighted by molar-refractivity contribution is -0.157. The maximum absolute atomic E-state index is 9.89. The molecule has 0 spiro atoms. The van der Waals surface area contributed by atoms with Crippen LogP contribution in [-0.4, -0.2) is 20.6 Å². The summed E-state index contributed by atoms with van der Waals surface area (Å²) in [4.78, 5) is 0. The molecule has 62 valence electrons. The smallest absolute Gasteiger partial charge is 0.0620 e. The lowest BCUT2D eigenvalue weighted by Crippen LogP contribution is -2.66. The lowest BCUT2D eigenvalue weighted by Gasteiger charge is -2.62. The van der Waals surface area contributed by atoms with E-state index in [1.165, 1.54) is 0 Å². The minimum Gasteiger partial charge on any atom is -0.393 e. The number of hydrogen-bond donors (Lipinski definition) is 1. The maximum atomic E-state index is 9.89. The van der Waals surface area contributed by atoms with E-state index in [2.05, 4.69) is 19.8 Å². The molecule has 0 aromatic carbocycles. The zero-order valence-electron chi connectivity index (χ0n) is 7.73. The maximum Gasteiger partial charge on any atom is 0.0620 e. The van der Waals surface area contributed by atoms with Crippen molar-refractivity contribution in [3.8, 4) is 12.3 Å². The molecule has 1 nitrogen and oxygen atoms in total. The van der Waals surface area contributed by atoms with Gasteiger partial charge in [0.2, 0.25) is 0 Å². The van der Waals surface area contributed by atoms with Crippen molar-refractivity contribution in [2.24, 2.45) is 10.8 Å². The Bertz CT molecular complexity index is 208. The van der Waals surface area contributed by atoms with E-state index >= 15 is 0 Å². The minimum absolute atomic E-state index is 0.109. The van der Waals surface area contributed by atoms with Gasteiger partial charge >= 0.3 is 0 Å². The normalized spacial score (nSPS) is 47.9. The molecule has 1 rings (SSSR count). The zero-order chi connectivity index (χ0) is 8.91. The lowest BCUT2D eigenvalue weighted by atomic mass is 9.50. The van der Waals surface area contributed by atoms with E-state index in [1.807, 2.05) is 6.92 Å². The van der Waals surface area contributed by atoms with Gasteiger partial charge in [-0.1, -0.05) is 19.8 Å². The standard InChI is InChI=1S/C9H16OSi/c1-5-8(4)7(2,3)6-9(8,10)11/h1,10H,6H2,2-4,11H3. The molecule has 0 aliphatic heterocycles. The van der Waals surface area contributed by atoms with Gasteiger partial charge in [-0.05, 0) is 18.8 Å². The molecule has 0 radical (unpaired) electrons. The highest BCUT2D eigenvalue weighted by molar-refractivity contribution is 6.16. The van der Waals surface area contributed by atoms with Crippen LogP contribution >= 0.6 is 0 Å². The monoisotopic (exact) mass is 168 g/mol. The Hall–Kier alpha value is -0.263. The van der Waals surface area contributed by atoms with Crippen molar-refractivity contribution < 1.29 is 5.11 Å². The number of hydrogen-bond acceptors (Lipinski definition) is 1. The van der Waals surface area contributed by atoms with Crippen LogP contribution in [0.2, 0.25) is 0 Å². The van der Waals surface area contributed by atoms with Crippen molar-refractivity contribution in [3.63, 3.8) is 0 Å². The van der Waals surface area contributed by atoms with E-state index in [0.29, 0.717) is 0 Å². The molecule has 1 aliphatic carbocycles. The molecule has 0 bridgehead atoms. The van der Waals surface area contributed by atoms with Crippen LogP contribution in [0, 0.1) is 23.2 Å². The van der Waals surface area contributed by atoms with Gasteiger partial charge in [-0.15, -0.1) is 6.42 Å². The van der Waals surface area contributed by atoms with E-state index in [4.69, 9.17) is 6.42 Å². The number of rotatable bonds is 0. The highest BCUT2D eigenvalue weighted by atomic mass is 28.1. The van der Waals surface area contributed by atoms with Gasteiger partial charge in [0.15, 0.2) is 0 Å². The van der Waals surface area contributed by atoms with Crippen LogP contribution in [0.5, 0.6) is 0 Å². The Kier molecular flexibility index (Phi) is 1.53. The Labute approximate surface area is 71.6 Å². The first kappa shape index (κ1) is 8.83. The highest BCUT2D eigenvalue weighted by Gasteiger charge is 2.63. The van der Waals surface area contributed by atoms with Crippen LogP contribution in [0.4, 0.5) is 0 Å². The molecular weight excluding hydrogens is 152 g/mol. The molecule has 1 fully saturated rings. The SMILES string of the molecule is C#CC1(C)C(C)(C)CC1(O)[SiH3]. The summed E-state index contributed by atoms with van der Waals surface area (Å²) in [5.74, 6) is 2.74. The molecule has 2 heteroatoms. The molecule has 11 heavy (non-hydrogen) atoms. The fourth-order valence-corrected chi connectivity index (χ4v) is 3.89. The molecule has 2 unspecified atom stereocenters. The van der Waals surface area contributed by atoms with E-state index < -0.39 is 5.22 Å². The van der Waals surface area contributed by atoms with Gasteiger partial charge < -0.3 is 5.11 Å². The average Bonchev–Trinajstić information content (AvgIpc) is 1.83. The minimum atomic E-state index is -0.536. The van der Waals surface area contributed by atoms with E-state index in [0.717, 1.165) is 16.7 Å². The molecule has 0 heterocycles. The molecule has 0 saturated heterocycles. The Morgan fingerprint density at radius 1 is 1.45 bits per heavy atom. The van der Waals surface area contributed by atoms with Crippen LogP contribution in [0.1, 0.15) is 27.2 Å². The topological polar surface area (TPSA) is 20.2 Å². The van der Waals surface area contributed by atoms with Gasteiger partial charge in [0.05, 0.1) is 10.6 Å². The third-order valence-corrected chi connectivity index (χ3v) is 4.86. The van der Waals surface area contributed by atoms with E-state index in [1.54, 1.807) is 0 Å². The predicted octanol–water partition coefficient (Wildman–Crippen LogP) is 0.110. The van der Waals surface area contributed by atoms with Gasteiger partial charge in [0, 0.05) is 10.2 Å². The summed E-state index contributed by atoms with van der Waals surface area (Å²) in [5.41, 5.74) is -0.190. The summed E-state index contributed by atoms with van der Waals surface area (Å²) in [7, 11) is 0.767. The molecule has 1 N–H and O–H groups in total. The molecule has 1 aliphatic rings. The average molecular weight is 168 g/mol. The second-order valence-electron chi connectivity index (χ2n) is 4.60. The van der Waals surface area contributed by atoms with Gasteiger partial charge in [0.1, 0.15) is 0 Å². The summed E-state index contributed by atoms with van der Waals surface area (Å²) in [5, 5.41) is 9.35. The summed E-state index contributed by atoms with van der Waals surface area (Å²) >= 11 is 0. The van der Waals surface area contributed by atoms with Crippen molar-refractivity contribution in [1.82, 2.24) is 0 Å². The fraction of sp³-hybridized carbons (Fsp3) is 0.778. The van der Waals surface area contributed by atoms with Crippen molar-refractivity contribution in [2.45, 2.75) is 32.4 Å². The van der Waals surface area contributed by atoms with Gasteiger partial charge in [0.25, 0.3) is 0 Å². The third-order valence-electron chi connectivity index (χ3n) is 3.51. The molecule has 1 saturated carbocycles. The van der Waals surface area contributed by atoms with Crippen molar-refractivity contribution in [3.05, 3.63) is 0 Å². The largest absolute Gasteiger partial charge is 0.393 e. The zero-order valence-corrected chi connectivity index (χ0v) is 9.73. The Balaban J connectivity index is 3.01. The van der Waals surface area contributed by atoms with Crippen LogP contribution in [-0.2, 0) is 0 Å². The van der Waals surface area contributed by atoms with E-state index in [-0.39, 0.29) is 10.8 Å². The highest BCUT2D eigenvalue weighted by Crippen LogP contribution is 2.60. The molecule has 0 aromatic rings.